The molecule has 1 N–H and O–H groups in total. The van der Waals surface area contributed by atoms with Crippen LogP contribution in [0.1, 0.15) is 31.9 Å². The molecule has 0 saturated heterocycles. The molecule has 29 heavy (non-hydrogen) atoms. The summed E-state index contributed by atoms with van der Waals surface area (Å²) in [6.07, 6.45) is 2.49. The molecule has 2 atom stereocenters. The Hall–Kier alpha value is -2.39. The predicted octanol–water partition coefficient (Wildman–Crippen LogP) is 2.51. The van der Waals surface area contributed by atoms with Crippen molar-refractivity contribution in [1.29, 1.82) is 0 Å². The fraction of sp³-hybridized carbons (Fsp3) is 0.350. The number of sulfone groups is 1. The van der Waals surface area contributed by atoms with E-state index in [1.165, 1.54) is 12.1 Å². The molecule has 7 nitrogen and oxygen atoms in total. The van der Waals surface area contributed by atoms with Crippen LogP contribution in [0.4, 0.5) is 5.69 Å². The van der Waals surface area contributed by atoms with Gasteiger partial charge in [0.15, 0.2) is 9.84 Å². The number of benzene rings is 2. The SMILES string of the molecule is CC[C@H](C(=O)N[C@H](C)c1ccc(S(C)(=O)=O)cc1)N(c1ccccc1)S(C)(=O)=O. The number of para-hydroxylation sites is 1. The van der Waals surface area contributed by atoms with E-state index in [9.17, 15) is 21.6 Å². The lowest BCUT2D eigenvalue weighted by atomic mass is 10.1. The second-order valence-electron chi connectivity index (χ2n) is 6.89. The summed E-state index contributed by atoms with van der Waals surface area (Å²) in [7, 11) is -7.00. The van der Waals surface area contributed by atoms with Gasteiger partial charge in [-0.3, -0.25) is 9.10 Å². The monoisotopic (exact) mass is 438 g/mol. The van der Waals surface area contributed by atoms with E-state index in [-0.39, 0.29) is 11.3 Å². The quantitative estimate of drug-likeness (QED) is 0.682. The van der Waals surface area contributed by atoms with Crippen LogP contribution in [0, 0.1) is 0 Å². The topological polar surface area (TPSA) is 101 Å². The lowest BCUT2D eigenvalue weighted by molar-refractivity contribution is -0.122. The Morgan fingerprint density at radius 1 is 0.966 bits per heavy atom. The van der Waals surface area contributed by atoms with Gasteiger partial charge in [-0.1, -0.05) is 37.3 Å². The van der Waals surface area contributed by atoms with Crippen LogP contribution in [-0.2, 0) is 24.7 Å². The second kappa shape index (κ2) is 8.96. The highest BCUT2D eigenvalue weighted by molar-refractivity contribution is 7.92. The van der Waals surface area contributed by atoms with Crippen molar-refractivity contribution in [2.45, 2.75) is 37.2 Å². The standard InChI is InChI=1S/C20H26N2O5S2/c1-5-19(22(29(4,26)27)17-9-7-6-8-10-17)20(23)21-15(2)16-11-13-18(14-12-16)28(3,24)25/h6-15,19H,5H2,1-4H3,(H,21,23)/t15-,19-/m1/s1. The zero-order chi connectivity index (χ0) is 21.8. The molecule has 0 unspecified atom stereocenters. The molecule has 0 bridgehead atoms. The maximum atomic E-state index is 12.9. The second-order valence-corrected chi connectivity index (χ2v) is 10.8. The number of carbonyl (C=O) groups is 1. The number of nitrogens with one attached hydrogen (secondary N) is 1. The number of anilines is 1. The summed E-state index contributed by atoms with van der Waals surface area (Å²) in [5, 5.41) is 2.83. The number of carbonyl (C=O) groups excluding carboxylic acids is 1. The van der Waals surface area contributed by atoms with Crippen molar-refractivity contribution in [3.63, 3.8) is 0 Å². The lowest BCUT2D eigenvalue weighted by Gasteiger charge is -2.31. The van der Waals surface area contributed by atoms with Gasteiger partial charge in [0, 0.05) is 6.26 Å². The van der Waals surface area contributed by atoms with Gasteiger partial charge in [-0.15, -0.1) is 0 Å². The first-order chi connectivity index (χ1) is 13.4. The number of sulfonamides is 1. The summed E-state index contributed by atoms with van der Waals surface area (Å²) >= 11 is 0. The van der Waals surface area contributed by atoms with Crippen LogP contribution in [0.15, 0.2) is 59.5 Å². The lowest BCUT2D eigenvalue weighted by Crippen LogP contribution is -2.49. The van der Waals surface area contributed by atoms with Gasteiger partial charge in [0.05, 0.1) is 22.9 Å². The van der Waals surface area contributed by atoms with Gasteiger partial charge >= 0.3 is 0 Å². The van der Waals surface area contributed by atoms with Crippen LogP contribution >= 0.6 is 0 Å². The van der Waals surface area contributed by atoms with E-state index in [4.69, 9.17) is 0 Å². The number of nitrogens with zero attached hydrogens (tertiary/aromatic N) is 1. The normalized spacial score (nSPS) is 14.1. The first-order valence-electron chi connectivity index (χ1n) is 9.10. The third-order valence-electron chi connectivity index (χ3n) is 4.51. The smallest absolute Gasteiger partial charge is 0.244 e. The molecule has 0 spiro atoms. The third-order valence-corrected chi connectivity index (χ3v) is 6.82. The van der Waals surface area contributed by atoms with Gasteiger partial charge in [0.25, 0.3) is 0 Å². The van der Waals surface area contributed by atoms with Gasteiger partial charge in [-0.2, -0.15) is 0 Å². The Morgan fingerprint density at radius 3 is 1.97 bits per heavy atom. The molecule has 2 rings (SSSR count). The fourth-order valence-corrected chi connectivity index (χ4v) is 4.87. The maximum Gasteiger partial charge on any atom is 0.244 e. The van der Waals surface area contributed by atoms with Crippen molar-refractivity contribution in [3.8, 4) is 0 Å². The summed E-state index contributed by atoms with van der Waals surface area (Å²) in [5.41, 5.74) is 1.13. The van der Waals surface area contributed by atoms with E-state index in [1.807, 2.05) is 0 Å². The molecule has 0 aromatic heterocycles. The van der Waals surface area contributed by atoms with E-state index in [0.717, 1.165) is 16.8 Å². The van der Waals surface area contributed by atoms with Crippen LogP contribution in [-0.4, -0.2) is 41.3 Å². The summed E-state index contributed by atoms with van der Waals surface area (Å²) in [6, 6.07) is 13.4. The molecule has 158 valence electrons. The van der Waals surface area contributed by atoms with Crippen LogP contribution in [0.2, 0.25) is 0 Å². The van der Waals surface area contributed by atoms with Crippen molar-refractivity contribution in [2.24, 2.45) is 0 Å². The van der Waals surface area contributed by atoms with Gasteiger partial charge < -0.3 is 5.32 Å². The number of hydrogen-bond donors (Lipinski definition) is 1. The molecule has 0 fully saturated rings. The highest BCUT2D eigenvalue weighted by atomic mass is 32.2. The average molecular weight is 439 g/mol. The Labute approximate surface area is 172 Å². The summed E-state index contributed by atoms with van der Waals surface area (Å²) in [5.74, 6) is -0.429. The number of amides is 1. The van der Waals surface area contributed by atoms with Crippen molar-refractivity contribution >= 4 is 31.5 Å². The molecule has 1 amide bonds. The summed E-state index contributed by atoms with van der Waals surface area (Å²) in [6.45, 7) is 3.50. The molecule has 0 radical (unpaired) electrons. The van der Waals surface area contributed by atoms with Gasteiger partial charge in [0.1, 0.15) is 6.04 Å². The fourth-order valence-electron chi connectivity index (χ4n) is 3.03. The van der Waals surface area contributed by atoms with Crippen LogP contribution in [0.3, 0.4) is 0 Å². The minimum absolute atomic E-state index is 0.193. The molecule has 0 aliphatic rings. The molecule has 9 heteroatoms. The zero-order valence-electron chi connectivity index (χ0n) is 16.9. The highest BCUT2D eigenvalue weighted by Gasteiger charge is 2.32. The van der Waals surface area contributed by atoms with E-state index in [2.05, 4.69) is 5.32 Å². The largest absolute Gasteiger partial charge is 0.348 e. The summed E-state index contributed by atoms with van der Waals surface area (Å²) in [4.78, 5) is 13.1. The molecule has 0 heterocycles. The average Bonchev–Trinajstić information content (AvgIpc) is 2.64. The molecule has 0 aliphatic heterocycles. The highest BCUT2D eigenvalue weighted by Crippen LogP contribution is 2.23. The zero-order valence-corrected chi connectivity index (χ0v) is 18.5. The maximum absolute atomic E-state index is 12.9. The van der Waals surface area contributed by atoms with E-state index in [0.29, 0.717) is 11.3 Å². The van der Waals surface area contributed by atoms with Crippen molar-refractivity contribution < 1.29 is 21.6 Å². The van der Waals surface area contributed by atoms with Crippen LogP contribution in [0.5, 0.6) is 0 Å². The van der Waals surface area contributed by atoms with Crippen LogP contribution in [0.25, 0.3) is 0 Å². The Kier molecular flexibility index (Phi) is 7.07. The van der Waals surface area contributed by atoms with E-state index >= 15 is 0 Å². The number of hydrogen-bond acceptors (Lipinski definition) is 5. The minimum atomic E-state index is -3.69. The van der Waals surface area contributed by atoms with E-state index in [1.54, 1.807) is 56.3 Å². The molecular weight excluding hydrogens is 412 g/mol. The number of rotatable bonds is 8. The Bertz CT molecular complexity index is 1050. The van der Waals surface area contributed by atoms with Crippen molar-refractivity contribution in [1.82, 2.24) is 5.32 Å². The van der Waals surface area contributed by atoms with Gasteiger partial charge in [-0.05, 0) is 43.2 Å². The van der Waals surface area contributed by atoms with Crippen molar-refractivity contribution in [2.75, 3.05) is 16.8 Å². The molecule has 2 aromatic carbocycles. The van der Waals surface area contributed by atoms with Gasteiger partial charge in [0.2, 0.25) is 15.9 Å². The summed E-state index contributed by atoms with van der Waals surface area (Å²) < 4.78 is 49.1. The third kappa shape index (κ3) is 5.80. The molecular formula is C20H26N2O5S2. The van der Waals surface area contributed by atoms with Gasteiger partial charge in [-0.25, -0.2) is 16.8 Å². The first-order valence-corrected chi connectivity index (χ1v) is 12.8. The molecule has 0 aliphatic carbocycles. The molecule has 0 saturated carbocycles. The minimum Gasteiger partial charge on any atom is -0.348 e. The molecule has 2 aromatic rings. The van der Waals surface area contributed by atoms with Crippen molar-refractivity contribution in [3.05, 3.63) is 60.2 Å². The Morgan fingerprint density at radius 2 is 1.52 bits per heavy atom. The van der Waals surface area contributed by atoms with Crippen LogP contribution < -0.4 is 9.62 Å². The predicted molar refractivity (Wildman–Crippen MR) is 114 cm³/mol. The van der Waals surface area contributed by atoms with E-state index < -0.39 is 37.9 Å². The first kappa shape index (κ1) is 22.9. The Balaban J connectivity index is 2.26.